The van der Waals surface area contributed by atoms with E-state index in [1.165, 1.54) is 0 Å². The predicted molar refractivity (Wildman–Crippen MR) is 75.1 cm³/mol. The standard InChI is InChI=1S/C12H20INO3/c1-11(2,3)17-10(15)14-9(6-7-13)8-16-12(14,4)5/h6-7,9H,8H2,1-5H3/t9-/m0/s1. The molecule has 1 fully saturated rings. The van der Waals surface area contributed by atoms with Gasteiger partial charge in [0.05, 0.1) is 12.6 Å². The fourth-order valence-corrected chi connectivity index (χ4v) is 2.20. The van der Waals surface area contributed by atoms with Crippen molar-refractivity contribution in [3.05, 3.63) is 10.2 Å². The van der Waals surface area contributed by atoms with Crippen LogP contribution in [0, 0.1) is 0 Å². The molecule has 0 aromatic heterocycles. The van der Waals surface area contributed by atoms with Crippen LogP contribution in [-0.2, 0) is 9.47 Å². The minimum absolute atomic E-state index is 0.0586. The molecule has 0 radical (unpaired) electrons. The van der Waals surface area contributed by atoms with E-state index in [2.05, 4.69) is 22.6 Å². The van der Waals surface area contributed by atoms with E-state index in [0.717, 1.165) is 0 Å². The smallest absolute Gasteiger partial charge is 0.413 e. The molecule has 0 unspecified atom stereocenters. The highest BCUT2D eigenvalue weighted by atomic mass is 127. The summed E-state index contributed by atoms with van der Waals surface area (Å²) in [6.07, 6.45) is 1.61. The first-order valence-electron chi connectivity index (χ1n) is 5.60. The number of ether oxygens (including phenoxy) is 2. The summed E-state index contributed by atoms with van der Waals surface area (Å²) in [5, 5.41) is 0. The highest BCUT2D eigenvalue weighted by molar-refractivity contribution is 14.1. The van der Waals surface area contributed by atoms with E-state index in [0.29, 0.717) is 6.61 Å². The number of carbonyl (C=O) groups is 1. The van der Waals surface area contributed by atoms with Crippen molar-refractivity contribution in [3.8, 4) is 0 Å². The Labute approximate surface area is 116 Å². The number of amides is 1. The molecule has 0 aliphatic carbocycles. The second-order valence-electron chi connectivity index (χ2n) is 5.49. The molecule has 1 rings (SSSR count). The minimum atomic E-state index is -0.622. The molecule has 1 atom stereocenters. The zero-order valence-corrected chi connectivity index (χ0v) is 13.1. The van der Waals surface area contributed by atoms with Crippen molar-refractivity contribution in [2.24, 2.45) is 0 Å². The Balaban J connectivity index is 2.86. The topological polar surface area (TPSA) is 38.8 Å². The van der Waals surface area contributed by atoms with Crippen LogP contribution in [0.5, 0.6) is 0 Å². The first kappa shape index (κ1) is 14.8. The highest BCUT2D eigenvalue weighted by Gasteiger charge is 2.44. The van der Waals surface area contributed by atoms with Crippen molar-refractivity contribution < 1.29 is 14.3 Å². The van der Waals surface area contributed by atoms with Crippen LogP contribution in [-0.4, -0.2) is 35.0 Å². The Kier molecular flexibility index (Phi) is 4.46. The van der Waals surface area contributed by atoms with E-state index < -0.39 is 11.3 Å². The van der Waals surface area contributed by atoms with Crippen LogP contribution in [0.15, 0.2) is 10.2 Å². The number of halogens is 1. The summed E-state index contributed by atoms with van der Waals surface area (Å²) in [6, 6.07) is -0.0586. The van der Waals surface area contributed by atoms with E-state index in [9.17, 15) is 4.79 Å². The lowest BCUT2D eigenvalue weighted by atomic mass is 10.2. The average Bonchev–Trinajstić information content (AvgIpc) is 2.39. The molecule has 5 heteroatoms. The SMILES string of the molecule is CC(C)(C)OC(=O)N1[C@@H](C=CI)COC1(C)C. The number of rotatable bonds is 1. The van der Waals surface area contributed by atoms with Crippen molar-refractivity contribution in [1.82, 2.24) is 4.90 Å². The molecule has 0 aromatic carbocycles. The van der Waals surface area contributed by atoms with E-state index >= 15 is 0 Å². The van der Waals surface area contributed by atoms with Gasteiger partial charge in [0.15, 0.2) is 0 Å². The third kappa shape index (κ3) is 3.84. The lowest BCUT2D eigenvalue weighted by molar-refractivity contribution is -0.0610. The maximum atomic E-state index is 12.1. The van der Waals surface area contributed by atoms with Crippen LogP contribution in [0.25, 0.3) is 0 Å². The molecule has 0 N–H and O–H groups in total. The predicted octanol–water partition coefficient (Wildman–Crippen LogP) is 3.31. The Morgan fingerprint density at radius 3 is 2.59 bits per heavy atom. The first-order valence-corrected chi connectivity index (χ1v) is 6.85. The Bertz CT molecular complexity index is 320. The molecule has 1 saturated heterocycles. The summed E-state index contributed by atoms with van der Waals surface area (Å²) in [4.78, 5) is 13.8. The van der Waals surface area contributed by atoms with Crippen LogP contribution in [0.4, 0.5) is 4.79 Å². The third-order valence-corrected chi connectivity index (χ3v) is 2.82. The van der Waals surface area contributed by atoms with Gasteiger partial charge in [-0.2, -0.15) is 0 Å². The summed E-state index contributed by atoms with van der Waals surface area (Å²) < 4.78 is 12.9. The summed E-state index contributed by atoms with van der Waals surface area (Å²) >= 11 is 2.14. The lowest BCUT2D eigenvalue weighted by Crippen LogP contribution is -2.49. The van der Waals surface area contributed by atoms with Gasteiger partial charge in [-0.1, -0.05) is 28.7 Å². The molecular formula is C12H20INO3. The van der Waals surface area contributed by atoms with Crippen LogP contribution in [0.3, 0.4) is 0 Å². The number of nitrogens with zero attached hydrogens (tertiary/aromatic N) is 1. The third-order valence-electron chi connectivity index (χ3n) is 2.40. The van der Waals surface area contributed by atoms with Crippen molar-refractivity contribution in [2.75, 3.05) is 6.61 Å². The summed E-state index contributed by atoms with van der Waals surface area (Å²) in [7, 11) is 0. The van der Waals surface area contributed by atoms with Crippen molar-refractivity contribution >= 4 is 28.7 Å². The molecule has 0 aromatic rings. The molecule has 4 nitrogen and oxygen atoms in total. The summed E-state index contributed by atoms with van der Waals surface area (Å²) in [5.41, 5.74) is -1.11. The fraction of sp³-hybridized carbons (Fsp3) is 0.750. The van der Waals surface area contributed by atoms with Gasteiger partial charge >= 0.3 is 6.09 Å². The van der Waals surface area contributed by atoms with Crippen molar-refractivity contribution in [1.29, 1.82) is 0 Å². The molecule has 0 spiro atoms. The van der Waals surface area contributed by atoms with Crippen LogP contribution >= 0.6 is 22.6 Å². The Morgan fingerprint density at radius 2 is 2.12 bits per heavy atom. The molecule has 1 heterocycles. The van der Waals surface area contributed by atoms with E-state index in [1.54, 1.807) is 4.90 Å². The average molecular weight is 353 g/mol. The molecule has 17 heavy (non-hydrogen) atoms. The summed E-state index contributed by atoms with van der Waals surface area (Å²) in [6.45, 7) is 9.83. The van der Waals surface area contributed by atoms with Gasteiger partial charge in [-0.25, -0.2) is 4.79 Å². The van der Waals surface area contributed by atoms with Gasteiger partial charge in [0.25, 0.3) is 0 Å². The zero-order chi connectivity index (χ0) is 13.3. The maximum absolute atomic E-state index is 12.1. The quantitative estimate of drug-likeness (QED) is 0.679. The van der Waals surface area contributed by atoms with Gasteiger partial charge in [0, 0.05) is 0 Å². The maximum Gasteiger partial charge on any atom is 0.413 e. The molecule has 1 aliphatic rings. The Morgan fingerprint density at radius 1 is 1.53 bits per heavy atom. The number of carbonyl (C=O) groups excluding carboxylic acids is 1. The largest absolute Gasteiger partial charge is 0.444 e. The van der Waals surface area contributed by atoms with Gasteiger partial charge in [0.2, 0.25) is 0 Å². The van der Waals surface area contributed by atoms with Gasteiger partial charge in [0.1, 0.15) is 11.3 Å². The fourth-order valence-electron chi connectivity index (χ4n) is 1.72. The van der Waals surface area contributed by atoms with Gasteiger partial charge < -0.3 is 9.47 Å². The van der Waals surface area contributed by atoms with Crippen LogP contribution in [0.2, 0.25) is 0 Å². The molecule has 0 bridgehead atoms. The van der Waals surface area contributed by atoms with E-state index in [1.807, 2.05) is 44.8 Å². The van der Waals surface area contributed by atoms with E-state index in [-0.39, 0.29) is 12.1 Å². The Hall–Kier alpha value is -0.300. The molecule has 98 valence electrons. The normalized spacial score (nSPS) is 24.4. The molecule has 1 aliphatic heterocycles. The monoisotopic (exact) mass is 353 g/mol. The van der Waals surface area contributed by atoms with E-state index in [4.69, 9.17) is 9.47 Å². The molecular weight excluding hydrogens is 333 g/mol. The molecule has 0 saturated carbocycles. The van der Waals surface area contributed by atoms with Crippen molar-refractivity contribution in [3.63, 3.8) is 0 Å². The van der Waals surface area contributed by atoms with Gasteiger partial charge in [-0.15, -0.1) is 0 Å². The van der Waals surface area contributed by atoms with Crippen LogP contribution in [0.1, 0.15) is 34.6 Å². The second-order valence-corrected chi connectivity index (χ2v) is 6.21. The highest BCUT2D eigenvalue weighted by Crippen LogP contribution is 2.30. The number of hydrogen-bond donors (Lipinski definition) is 0. The molecule has 1 amide bonds. The first-order chi connectivity index (χ1) is 7.67. The minimum Gasteiger partial charge on any atom is -0.444 e. The zero-order valence-electron chi connectivity index (χ0n) is 11.0. The summed E-state index contributed by atoms with van der Waals surface area (Å²) in [5.74, 6) is 0. The second kappa shape index (κ2) is 5.14. The number of hydrogen-bond acceptors (Lipinski definition) is 3. The van der Waals surface area contributed by atoms with Gasteiger partial charge in [-0.05, 0) is 38.7 Å². The van der Waals surface area contributed by atoms with Gasteiger partial charge in [-0.3, -0.25) is 4.90 Å². The van der Waals surface area contributed by atoms with Crippen molar-refractivity contribution in [2.45, 2.75) is 52.0 Å². The lowest BCUT2D eigenvalue weighted by Gasteiger charge is -2.34. The van der Waals surface area contributed by atoms with Crippen LogP contribution < -0.4 is 0 Å².